The Labute approximate surface area is 164 Å². The predicted molar refractivity (Wildman–Crippen MR) is 100 cm³/mol. The minimum atomic E-state index is -4.16. The summed E-state index contributed by atoms with van der Waals surface area (Å²) in [7, 11) is -2.98. The molecule has 0 aliphatic carbocycles. The number of hydrogen-bond acceptors (Lipinski definition) is 7. The third kappa shape index (κ3) is 3.63. The van der Waals surface area contributed by atoms with Gasteiger partial charge < -0.3 is 0 Å². The van der Waals surface area contributed by atoms with Gasteiger partial charge in [0.25, 0.3) is 15.7 Å². The van der Waals surface area contributed by atoms with Crippen LogP contribution in [0.1, 0.15) is 16.7 Å². The van der Waals surface area contributed by atoms with E-state index < -0.39 is 20.8 Å². The number of hydrogen-bond donors (Lipinski definition) is 0. The summed E-state index contributed by atoms with van der Waals surface area (Å²) < 4.78 is 41.1. The lowest BCUT2D eigenvalue weighted by Crippen LogP contribution is -2.22. The van der Waals surface area contributed by atoms with Gasteiger partial charge in [-0.1, -0.05) is 6.07 Å². The first-order valence-corrected chi connectivity index (χ1v) is 9.44. The van der Waals surface area contributed by atoms with Gasteiger partial charge in [0.15, 0.2) is 5.82 Å². The fraction of sp³-hybridized carbons (Fsp3) is 0.118. The summed E-state index contributed by atoms with van der Waals surface area (Å²) in [5, 5.41) is 27.7. The lowest BCUT2D eigenvalue weighted by molar-refractivity contribution is -0.385. The Hall–Kier alpha value is -3.85. The molecule has 0 spiro atoms. The van der Waals surface area contributed by atoms with Crippen molar-refractivity contribution in [2.75, 3.05) is 7.05 Å². The second-order valence-electron chi connectivity index (χ2n) is 5.97. The summed E-state index contributed by atoms with van der Waals surface area (Å²) in [5.74, 6) is -0.743. The molecule has 0 N–H and O–H groups in total. The number of pyridine rings is 1. The SMILES string of the molecule is Cc1ccc([N+](=O)[O-])cc1S(=O)(=O)N(C)/N=C/c1cnn2cc(F)c(C#N)cc12. The molecule has 0 radical (unpaired) electrons. The molecule has 2 aromatic heterocycles. The van der Waals surface area contributed by atoms with Gasteiger partial charge in [0, 0.05) is 24.7 Å². The summed E-state index contributed by atoms with van der Waals surface area (Å²) in [4.78, 5) is 10.0. The molecule has 0 fully saturated rings. The van der Waals surface area contributed by atoms with Crippen molar-refractivity contribution >= 4 is 27.4 Å². The van der Waals surface area contributed by atoms with Crippen LogP contribution in [0.25, 0.3) is 5.52 Å². The number of benzene rings is 1. The van der Waals surface area contributed by atoms with Crippen LogP contribution in [0.4, 0.5) is 10.1 Å². The molecule has 0 saturated carbocycles. The van der Waals surface area contributed by atoms with E-state index in [-0.39, 0.29) is 16.1 Å². The fourth-order valence-electron chi connectivity index (χ4n) is 2.53. The molecule has 0 aliphatic heterocycles. The number of hydrazone groups is 1. The molecule has 3 rings (SSSR count). The summed E-state index contributed by atoms with van der Waals surface area (Å²) in [6.45, 7) is 1.51. The number of sulfonamides is 1. The van der Waals surface area contributed by atoms with Crippen LogP contribution < -0.4 is 0 Å². The number of halogens is 1. The first kappa shape index (κ1) is 19.9. The van der Waals surface area contributed by atoms with Crippen LogP contribution in [0.5, 0.6) is 0 Å². The summed E-state index contributed by atoms with van der Waals surface area (Å²) >= 11 is 0. The number of nitriles is 1. The van der Waals surface area contributed by atoms with Crippen molar-refractivity contribution in [2.45, 2.75) is 11.8 Å². The standard InChI is InChI=1S/C17H13FN6O4S/c1-11-3-4-14(24(25)26)6-17(11)29(27,28)22(2)20-8-13-9-21-23-10-15(18)12(7-19)5-16(13)23/h3-6,8-10H,1-2H3/b20-8+. The molecule has 0 aliphatic rings. The van der Waals surface area contributed by atoms with Gasteiger partial charge in [-0.25, -0.2) is 8.91 Å². The number of fused-ring (bicyclic) bond motifs is 1. The maximum atomic E-state index is 13.7. The van der Waals surface area contributed by atoms with Crippen LogP contribution in [0.3, 0.4) is 0 Å². The normalized spacial score (nSPS) is 11.7. The average molecular weight is 416 g/mol. The summed E-state index contributed by atoms with van der Waals surface area (Å²) in [6.07, 6.45) is 3.54. The second kappa shape index (κ2) is 7.28. The molecule has 148 valence electrons. The molecule has 0 atom stereocenters. The van der Waals surface area contributed by atoms with E-state index in [9.17, 15) is 22.9 Å². The molecule has 29 heavy (non-hydrogen) atoms. The van der Waals surface area contributed by atoms with Crippen molar-refractivity contribution in [1.82, 2.24) is 14.0 Å². The molecule has 1 aromatic carbocycles. The van der Waals surface area contributed by atoms with Crippen molar-refractivity contribution in [3.8, 4) is 6.07 Å². The van der Waals surface area contributed by atoms with Crippen LogP contribution in [0.2, 0.25) is 0 Å². The molecule has 12 heteroatoms. The highest BCUT2D eigenvalue weighted by Crippen LogP contribution is 2.24. The summed E-state index contributed by atoms with van der Waals surface area (Å²) in [5.41, 5.74) is 0.465. The molecule has 0 bridgehead atoms. The van der Waals surface area contributed by atoms with E-state index in [4.69, 9.17) is 5.26 Å². The molecule has 0 amide bonds. The highest BCUT2D eigenvalue weighted by Gasteiger charge is 2.24. The molecular weight excluding hydrogens is 403 g/mol. The monoisotopic (exact) mass is 416 g/mol. The number of nitro benzene ring substituents is 1. The van der Waals surface area contributed by atoms with Crippen molar-refractivity contribution < 1.29 is 17.7 Å². The molecule has 0 saturated heterocycles. The molecule has 3 aromatic rings. The third-order valence-electron chi connectivity index (χ3n) is 4.13. The Morgan fingerprint density at radius 2 is 2.14 bits per heavy atom. The van der Waals surface area contributed by atoms with Gasteiger partial charge in [0.05, 0.1) is 39.5 Å². The molecule has 0 unspecified atom stereocenters. The largest absolute Gasteiger partial charge is 0.279 e. The van der Waals surface area contributed by atoms with Crippen LogP contribution in [-0.2, 0) is 10.0 Å². The Morgan fingerprint density at radius 1 is 1.41 bits per heavy atom. The maximum absolute atomic E-state index is 13.7. The van der Waals surface area contributed by atoms with Gasteiger partial charge in [-0.3, -0.25) is 10.1 Å². The van der Waals surface area contributed by atoms with Crippen molar-refractivity contribution in [1.29, 1.82) is 5.26 Å². The van der Waals surface area contributed by atoms with E-state index in [1.54, 1.807) is 6.07 Å². The first-order valence-electron chi connectivity index (χ1n) is 8.00. The molecular formula is C17H13FN6O4S. The average Bonchev–Trinajstić information content (AvgIpc) is 3.06. The summed E-state index contributed by atoms with van der Waals surface area (Å²) in [6, 6.07) is 6.50. The number of aromatic nitrogens is 2. The topological polar surface area (TPSA) is 134 Å². The highest BCUT2D eigenvalue weighted by molar-refractivity contribution is 7.89. The minimum absolute atomic E-state index is 0.194. The number of non-ortho nitro benzene ring substituents is 1. The second-order valence-corrected chi connectivity index (χ2v) is 7.89. The maximum Gasteiger partial charge on any atom is 0.279 e. The lowest BCUT2D eigenvalue weighted by Gasteiger charge is -2.15. The number of rotatable bonds is 5. The highest BCUT2D eigenvalue weighted by atomic mass is 32.2. The van der Waals surface area contributed by atoms with E-state index in [2.05, 4.69) is 10.2 Å². The zero-order valence-electron chi connectivity index (χ0n) is 15.1. The minimum Gasteiger partial charge on any atom is -0.258 e. The van der Waals surface area contributed by atoms with Crippen molar-refractivity contribution in [3.63, 3.8) is 0 Å². The molecule has 10 nitrogen and oxygen atoms in total. The van der Waals surface area contributed by atoms with Gasteiger partial charge in [-0.05, 0) is 18.6 Å². The third-order valence-corrected chi connectivity index (χ3v) is 5.91. The Morgan fingerprint density at radius 3 is 2.79 bits per heavy atom. The van der Waals surface area contributed by atoms with Gasteiger partial charge >= 0.3 is 0 Å². The molecule has 2 heterocycles. The Balaban J connectivity index is 1.98. The smallest absolute Gasteiger partial charge is 0.258 e. The predicted octanol–water partition coefficient (Wildman–Crippen LogP) is 2.22. The lowest BCUT2D eigenvalue weighted by atomic mass is 10.2. The Kier molecular flexibility index (Phi) is 5.00. The van der Waals surface area contributed by atoms with Gasteiger partial charge in [0.2, 0.25) is 0 Å². The van der Waals surface area contributed by atoms with E-state index in [1.165, 1.54) is 49.1 Å². The van der Waals surface area contributed by atoms with Crippen LogP contribution >= 0.6 is 0 Å². The van der Waals surface area contributed by atoms with Gasteiger partial charge in [-0.15, -0.1) is 0 Å². The van der Waals surface area contributed by atoms with Crippen molar-refractivity contribution in [2.24, 2.45) is 5.10 Å². The fourth-order valence-corrected chi connectivity index (χ4v) is 3.73. The zero-order chi connectivity index (χ0) is 21.3. The quantitative estimate of drug-likeness (QED) is 0.356. The zero-order valence-corrected chi connectivity index (χ0v) is 16.0. The number of nitro groups is 1. The van der Waals surface area contributed by atoms with Gasteiger partial charge in [0.1, 0.15) is 6.07 Å². The van der Waals surface area contributed by atoms with E-state index in [1.807, 2.05) is 0 Å². The van der Waals surface area contributed by atoms with Gasteiger partial charge in [-0.2, -0.15) is 28.3 Å². The first-order chi connectivity index (χ1) is 13.6. The van der Waals surface area contributed by atoms with Crippen molar-refractivity contribution in [3.05, 3.63) is 69.3 Å². The van der Waals surface area contributed by atoms with E-state index in [0.29, 0.717) is 21.1 Å². The van der Waals surface area contributed by atoms with Crippen LogP contribution in [0, 0.1) is 34.2 Å². The number of aryl methyl sites for hydroxylation is 1. The van der Waals surface area contributed by atoms with Crippen LogP contribution in [-0.4, -0.2) is 40.6 Å². The van der Waals surface area contributed by atoms with E-state index in [0.717, 1.165) is 12.3 Å². The Bertz CT molecular complexity index is 1310. The number of nitrogens with zero attached hydrogens (tertiary/aromatic N) is 6. The van der Waals surface area contributed by atoms with E-state index >= 15 is 0 Å². The van der Waals surface area contributed by atoms with Crippen LogP contribution in [0.15, 0.2) is 46.7 Å².